The maximum atomic E-state index is 12.4. The van der Waals surface area contributed by atoms with E-state index in [1.54, 1.807) is 0 Å². The van der Waals surface area contributed by atoms with Gasteiger partial charge in [0.25, 0.3) is 0 Å². The van der Waals surface area contributed by atoms with Gasteiger partial charge in [0, 0.05) is 24.0 Å². The molecule has 2 aliphatic rings. The van der Waals surface area contributed by atoms with Crippen LogP contribution in [0.15, 0.2) is 22.7 Å². The van der Waals surface area contributed by atoms with Crippen LogP contribution in [-0.4, -0.2) is 30.4 Å². The number of fused-ring (bicyclic) bond motifs is 1. The van der Waals surface area contributed by atoms with E-state index in [4.69, 9.17) is 0 Å². The maximum absolute atomic E-state index is 12.4. The predicted octanol–water partition coefficient (Wildman–Crippen LogP) is 3.11. The minimum Gasteiger partial charge on any atom is -0.338 e. The molecule has 114 valence electrons. The molecule has 21 heavy (non-hydrogen) atoms. The molecule has 0 atom stereocenters. The quantitative estimate of drug-likeness (QED) is 0.908. The lowest BCUT2D eigenvalue weighted by atomic mass is 9.92. The molecule has 2 heterocycles. The van der Waals surface area contributed by atoms with Crippen LogP contribution in [0.5, 0.6) is 0 Å². The summed E-state index contributed by atoms with van der Waals surface area (Å²) < 4.78 is 1.18. The Morgan fingerprint density at radius 2 is 2.14 bits per heavy atom. The Bertz CT molecular complexity index is 512. The van der Waals surface area contributed by atoms with Crippen molar-refractivity contribution in [1.82, 2.24) is 10.2 Å². The molecule has 1 saturated heterocycles. The summed E-state index contributed by atoms with van der Waals surface area (Å²) in [6.45, 7) is 3.87. The number of carbonyl (C=O) groups is 1. The molecule has 0 spiro atoms. The summed E-state index contributed by atoms with van der Waals surface area (Å²) in [5.41, 5.74) is 2.67. The van der Waals surface area contributed by atoms with E-state index in [0.29, 0.717) is 12.3 Å². The monoisotopic (exact) mass is 350 g/mol. The van der Waals surface area contributed by atoms with Crippen LogP contribution < -0.4 is 5.32 Å². The number of nitrogens with zero attached hydrogens (tertiary/aromatic N) is 1. The molecule has 0 bridgehead atoms. The molecular weight excluding hydrogens is 328 g/mol. The Balaban J connectivity index is 1.54. The Morgan fingerprint density at radius 1 is 1.33 bits per heavy atom. The van der Waals surface area contributed by atoms with Gasteiger partial charge in [-0.2, -0.15) is 0 Å². The summed E-state index contributed by atoms with van der Waals surface area (Å²) in [6, 6.07) is 6.30. The molecule has 0 aromatic heterocycles. The van der Waals surface area contributed by atoms with Gasteiger partial charge in [-0.05, 0) is 61.9 Å². The van der Waals surface area contributed by atoms with Crippen molar-refractivity contribution in [2.45, 2.75) is 38.6 Å². The third-order valence-electron chi connectivity index (χ3n) is 4.79. The first-order valence-corrected chi connectivity index (χ1v) is 8.78. The Hall–Kier alpha value is -0.870. The molecule has 4 heteroatoms. The number of rotatable bonds is 3. The number of halogens is 1. The number of hydrogen-bond acceptors (Lipinski definition) is 2. The average Bonchev–Trinajstić information content (AvgIpc) is 2.53. The van der Waals surface area contributed by atoms with E-state index in [1.807, 2.05) is 4.90 Å². The minimum atomic E-state index is 0.333. The summed E-state index contributed by atoms with van der Waals surface area (Å²) in [6.07, 6.45) is 5.19. The number of piperidine rings is 1. The number of nitrogens with one attached hydrogen (secondary N) is 1. The highest BCUT2D eigenvalue weighted by Crippen LogP contribution is 2.27. The van der Waals surface area contributed by atoms with Crippen LogP contribution in [0.25, 0.3) is 0 Å². The van der Waals surface area contributed by atoms with E-state index in [9.17, 15) is 4.79 Å². The van der Waals surface area contributed by atoms with Gasteiger partial charge in [-0.1, -0.05) is 28.1 Å². The third-order valence-corrected chi connectivity index (χ3v) is 5.53. The lowest BCUT2D eigenvalue weighted by molar-refractivity contribution is -0.132. The van der Waals surface area contributed by atoms with Crippen molar-refractivity contribution in [3.63, 3.8) is 0 Å². The second-order valence-electron chi connectivity index (χ2n) is 6.17. The zero-order valence-electron chi connectivity index (χ0n) is 12.4. The van der Waals surface area contributed by atoms with Gasteiger partial charge in [-0.3, -0.25) is 4.79 Å². The first kappa shape index (κ1) is 15.0. The van der Waals surface area contributed by atoms with E-state index in [-0.39, 0.29) is 0 Å². The molecule has 0 radical (unpaired) electrons. The Kier molecular flexibility index (Phi) is 4.96. The smallest absolute Gasteiger partial charge is 0.222 e. The molecule has 0 aliphatic carbocycles. The van der Waals surface area contributed by atoms with Crippen LogP contribution in [0.1, 0.15) is 36.8 Å². The van der Waals surface area contributed by atoms with Gasteiger partial charge in [0.05, 0.1) is 0 Å². The fourth-order valence-electron chi connectivity index (χ4n) is 3.43. The normalized spacial score (nSPS) is 19.4. The van der Waals surface area contributed by atoms with E-state index in [2.05, 4.69) is 39.4 Å². The zero-order chi connectivity index (χ0) is 14.7. The van der Waals surface area contributed by atoms with Crippen LogP contribution in [0, 0.1) is 5.92 Å². The van der Waals surface area contributed by atoms with Crippen LogP contribution in [0.2, 0.25) is 0 Å². The largest absolute Gasteiger partial charge is 0.338 e. The van der Waals surface area contributed by atoms with Crippen molar-refractivity contribution in [2.75, 3.05) is 19.6 Å². The number of hydrogen-bond donors (Lipinski definition) is 1. The maximum Gasteiger partial charge on any atom is 0.222 e. The van der Waals surface area contributed by atoms with Gasteiger partial charge < -0.3 is 10.2 Å². The van der Waals surface area contributed by atoms with Crippen LogP contribution in [0.4, 0.5) is 0 Å². The summed E-state index contributed by atoms with van der Waals surface area (Å²) >= 11 is 3.61. The summed E-state index contributed by atoms with van der Waals surface area (Å²) in [7, 11) is 0. The predicted molar refractivity (Wildman–Crippen MR) is 88.1 cm³/mol. The molecular formula is C17H23BrN2O. The van der Waals surface area contributed by atoms with Crippen molar-refractivity contribution in [2.24, 2.45) is 5.92 Å². The summed E-state index contributed by atoms with van der Waals surface area (Å²) in [4.78, 5) is 14.5. The first-order chi connectivity index (χ1) is 10.2. The van der Waals surface area contributed by atoms with Gasteiger partial charge in [-0.25, -0.2) is 0 Å². The fraction of sp³-hybridized carbons (Fsp3) is 0.588. The molecule has 0 unspecified atom stereocenters. The van der Waals surface area contributed by atoms with E-state index < -0.39 is 0 Å². The molecule has 0 saturated carbocycles. The summed E-state index contributed by atoms with van der Waals surface area (Å²) in [5, 5.41) is 3.38. The van der Waals surface area contributed by atoms with Gasteiger partial charge in [0.2, 0.25) is 5.91 Å². The van der Waals surface area contributed by atoms with Gasteiger partial charge >= 0.3 is 0 Å². The average molecular weight is 351 g/mol. The minimum absolute atomic E-state index is 0.333. The van der Waals surface area contributed by atoms with Gasteiger partial charge in [-0.15, -0.1) is 0 Å². The summed E-state index contributed by atoms with van der Waals surface area (Å²) in [5.74, 6) is 1.07. The molecule has 1 fully saturated rings. The highest BCUT2D eigenvalue weighted by Gasteiger charge is 2.23. The molecule has 3 nitrogen and oxygen atoms in total. The van der Waals surface area contributed by atoms with Crippen LogP contribution in [-0.2, 0) is 17.8 Å². The van der Waals surface area contributed by atoms with E-state index >= 15 is 0 Å². The standard InChI is InChI=1S/C17H23BrN2O/c18-16-3-1-2-14-12-20(11-8-15(14)16)17(21)5-4-13-6-9-19-10-7-13/h1-3,13,19H,4-12H2. The molecule has 1 amide bonds. The van der Waals surface area contributed by atoms with Gasteiger partial charge in [0.15, 0.2) is 0 Å². The van der Waals surface area contributed by atoms with Crippen molar-refractivity contribution >= 4 is 21.8 Å². The molecule has 1 aromatic rings. The Morgan fingerprint density at radius 3 is 2.95 bits per heavy atom. The Labute approximate surface area is 135 Å². The lowest BCUT2D eigenvalue weighted by Gasteiger charge is -2.30. The highest BCUT2D eigenvalue weighted by atomic mass is 79.9. The third kappa shape index (κ3) is 3.67. The molecule has 2 aliphatic heterocycles. The van der Waals surface area contributed by atoms with Crippen LogP contribution >= 0.6 is 15.9 Å². The van der Waals surface area contributed by atoms with E-state index in [1.165, 1.54) is 28.4 Å². The van der Waals surface area contributed by atoms with Crippen molar-refractivity contribution < 1.29 is 4.79 Å². The van der Waals surface area contributed by atoms with E-state index in [0.717, 1.165) is 44.9 Å². The van der Waals surface area contributed by atoms with Crippen molar-refractivity contribution in [1.29, 1.82) is 0 Å². The highest BCUT2D eigenvalue weighted by molar-refractivity contribution is 9.10. The molecule has 1 N–H and O–H groups in total. The lowest BCUT2D eigenvalue weighted by Crippen LogP contribution is -2.36. The second-order valence-corrected chi connectivity index (χ2v) is 7.03. The SMILES string of the molecule is O=C(CCC1CCNCC1)N1CCc2c(Br)cccc2C1. The number of benzene rings is 1. The first-order valence-electron chi connectivity index (χ1n) is 7.99. The fourth-order valence-corrected chi connectivity index (χ4v) is 4.04. The van der Waals surface area contributed by atoms with Gasteiger partial charge in [0.1, 0.15) is 0 Å². The zero-order valence-corrected chi connectivity index (χ0v) is 14.0. The molecule has 1 aromatic carbocycles. The van der Waals surface area contributed by atoms with Crippen LogP contribution in [0.3, 0.4) is 0 Å². The van der Waals surface area contributed by atoms with Crippen molar-refractivity contribution in [3.8, 4) is 0 Å². The second kappa shape index (κ2) is 6.93. The van der Waals surface area contributed by atoms with Crippen molar-refractivity contribution in [3.05, 3.63) is 33.8 Å². The molecule has 3 rings (SSSR count). The topological polar surface area (TPSA) is 32.3 Å². The number of carbonyl (C=O) groups excluding carboxylic acids is 1. The number of amides is 1.